The zero-order valence-electron chi connectivity index (χ0n) is 15.7. The van der Waals surface area contributed by atoms with Crippen LogP contribution < -0.4 is 20.1 Å². The Labute approximate surface area is 162 Å². The third-order valence-electron chi connectivity index (χ3n) is 4.37. The van der Waals surface area contributed by atoms with Crippen LogP contribution in [-0.2, 0) is 6.54 Å². The highest BCUT2D eigenvalue weighted by molar-refractivity contribution is 5.89. The highest BCUT2D eigenvalue weighted by atomic mass is 16.7. The van der Waals surface area contributed by atoms with Gasteiger partial charge in [0.25, 0.3) is 0 Å². The molecule has 0 bridgehead atoms. The molecule has 2 amide bonds. The predicted octanol–water partition coefficient (Wildman–Crippen LogP) is 4.52. The number of aromatic nitrogens is 1. The number of carbonyl (C=O) groups excluding carboxylic acids is 1. The van der Waals surface area contributed by atoms with Crippen molar-refractivity contribution in [3.8, 4) is 23.0 Å². The topological polar surface area (TPSA) is 85.6 Å². The molecular weight excluding hydrogens is 358 g/mol. The maximum Gasteiger partial charge on any atom is 0.319 e. The molecule has 0 fully saturated rings. The number of hydrogen-bond acceptors (Lipinski definition) is 5. The van der Waals surface area contributed by atoms with Crippen molar-refractivity contribution in [1.82, 2.24) is 10.3 Å². The molecule has 1 aliphatic heterocycles. The third kappa shape index (κ3) is 3.93. The first-order valence-electron chi connectivity index (χ1n) is 9.08. The molecule has 2 N–H and O–H groups in total. The Morgan fingerprint density at radius 3 is 2.64 bits per heavy atom. The quantitative estimate of drug-likeness (QED) is 0.681. The summed E-state index contributed by atoms with van der Waals surface area (Å²) in [6, 6.07) is 12.7. The Bertz CT molecular complexity index is 980. The Balaban J connectivity index is 1.33. The van der Waals surface area contributed by atoms with Gasteiger partial charge in [0.05, 0.1) is 6.20 Å². The molecule has 3 aromatic rings. The molecule has 0 spiro atoms. The van der Waals surface area contributed by atoms with E-state index in [4.69, 9.17) is 13.9 Å². The van der Waals surface area contributed by atoms with Crippen molar-refractivity contribution in [3.63, 3.8) is 0 Å². The molecule has 4 rings (SSSR count). The molecule has 0 saturated heterocycles. The van der Waals surface area contributed by atoms with Crippen LogP contribution in [0.4, 0.5) is 10.5 Å². The van der Waals surface area contributed by atoms with Crippen molar-refractivity contribution in [1.29, 1.82) is 0 Å². The zero-order valence-corrected chi connectivity index (χ0v) is 15.7. The smallest absolute Gasteiger partial charge is 0.319 e. The normalized spacial score (nSPS) is 12.2. The van der Waals surface area contributed by atoms with E-state index in [1.165, 1.54) is 0 Å². The number of nitrogens with one attached hydrogen (secondary N) is 2. The number of hydrogen-bond donors (Lipinski definition) is 2. The number of ether oxygens (including phenoxy) is 2. The Hall–Kier alpha value is -3.48. The van der Waals surface area contributed by atoms with E-state index in [0.29, 0.717) is 23.9 Å². The van der Waals surface area contributed by atoms with Gasteiger partial charge >= 0.3 is 6.03 Å². The second-order valence-electron chi connectivity index (χ2n) is 6.80. The molecule has 0 aliphatic carbocycles. The summed E-state index contributed by atoms with van der Waals surface area (Å²) in [4.78, 5) is 16.4. The average molecular weight is 379 g/mol. The lowest BCUT2D eigenvalue weighted by Gasteiger charge is -2.08. The van der Waals surface area contributed by atoms with Crippen molar-refractivity contribution in [3.05, 3.63) is 60.0 Å². The van der Waals surface area contributed by atoms with Gasteiger partial charge in [-0.05, 0) is 42.0 Å². The fourth-order valence-corrected chi connectivity index (χ4v) is 2.79. The van der Waals surface area contributed by atoms with Gasteiger partial charge in [0.2, 0.25) is 12.7 Å². The van der Waals surface area contributed by atoms with Crippen LogP contribution in [0.5, 0.6) is 11.5 Å². The minimum atomic E-state index is -0.288. The number of rotatable bonds is 5. The van der Waals surface area contributed by atoms with Crippen LogP contribution in [0.25, 0.3) is 11.5 Å². The molecular formula is C21H21N3O4. The second-order valence-corrected chi connectivity index (χ2v) is 6.80. The van der Waals surface area contributed by atoms with Crippen molar-refractivity contribution in [2.45, 2.75) is 26.3 Å². The van der Waals surface area contributed by atoms with Crippen LogP contribution in [0.1, 0.15) is 31.1 Å². The fraction of sp³-hybridized carbons (Fsp3) is 0.238. The van der Waals surface area contributed by atoms with Crippen molar-refractivity contribution in [2.75, 3.05) is 12.1 Å². The number of carbonyl (C=O) groups is 1. The van der Waals surface area contributed by atoms with E-state index < -0.39 is 0 Å². The summed E-state index contributed by atoms with van der Waals surface area (Å²) in [5.41, 5.74) is 2.47. The van der Waals surface area contributed by atoms with Gasteiger partial charge in [-0.3, -0.25) is 0 Å². The van der Waals surface area contributed by atoms with E-state index in [1.807, 2.05) is 42.5 Å². The molecule has 0 unspecified atom stereocenters. The fourth-order valence-electron chi connectivity index (χ4n) is 2.79. The van der Waals surface area contributed by atoms with Gasteiger partial charge in [-0.1, -0.05) is 19.9 Å². The molecule has 0 atom stereocenters. The standard InChI is InChI=1S/C21H21N3O4/c1-13(2)19-11-22-20(28-19)15-4-6-16(7-5-15)24-21(25)23-10-14-3-8-17-18(9-14)27-12-26-17/h3-9,11,13H,10,12H2,1-2H3,(H2,23,24,25). The predicted molar refractivity (Wildman–Crippen MR) is 104 cm³/mol. The lowest BCUT2D eigenvalue weighted by molar-refractivity contribution is 0.174. The number of benzene rings is 2. The molecule has 2 aromatic carbocycles. The Morgan fingerprint density at radius 2 is 1.89 bits per heavy atom. The minimum absolute atomic E-state index is 0.231. The minimum Gasteiger partial charge on any atom is -0.454 e. The summed E-state index contributed by atoms with van der Waals surface area (Å²) < 4.78 is 16.4. The Kier molecular flexibility index (Phi) is 4.89. The molecule has 7 heteroatoms. The summed E-state index contributed by atoms with van der Waals surface area (Å²) in [6.45, 7) is 4.73. The van der Waals surface area contributed by atoms with Crippen LogP contribution >= 0.6 is 0 Å². The van der Waals surface area contributed by atoms with E-state index in [0.717, 1.165) is 22.6 Å². The first kappa shape index (κ1) is 17.9. The summed E-state index contributed by atoms with van der Waals surface area (Å²) in [5.74, 6) is 3.13. The van der Waals surface area contributed by atoms with E-state index in [-0.39, 0.29) is 18.7 Å². The van der Waals surface area contributed by atoms with Crippen LogP contribution in [0.2, 0.25) is 0 Å². The monoisotopic (exact) mass is 379 g/mol. The van der Waals surface area contributed by atoms with Crippen LogP contribution in [0.3, 0.4) is 0 Å². The van der Waals surface area contributed by atoms with E-state index in [2.05, 4.69) is 29.5 Å². The molecule has 2 heterocycles. The van der Waals surface area contributed by atoms with Gasteiger partial charge in [0.1, 0.15) is 5.76 Å². The molecule has 28 heavy (non-hydrogen) atoms. The molecule has 0 saturated carbocycles. The average Bonchev–Trinajstić information content (AvgIpc) is 3.36. The number of fused-ring (bicyclic) bond motifs is 1. The number of urea groups is 1. The zero-order chi connectivity index (χ0) is 19.5. The summed E-state index contributed by atoms with van der Waals surface area (Å²) in [6.07, 6.45) is 1.75. The van der Waals surface area contributed by atoms with Gasteiger partial charge in [-0.15, -0.1) is 0 Å². The van der Waals surface area contributed by atoms with E-state index >= 15 is 0 Å². The van der Waals surface area contributed by atoms with Gasteiger partial charge in [-0.25, -0.2) is 9.78 Å². The lowest BCUT2D eigenvalue weighted by atomic mass is 10.2. The van der Waals surface area contributed by atoms with Crippen LogP contribution in [-0.4, -0.2) is 17.8 Å². The molecule has 0 radical (unpaired) electrons. The SMILES string of the molecule is CC(C)c1cnc(-c2ccc(NC(=O)NCc3ccc4c(c3)OCO4)cc2)o1. The number of nitrogens with zero attached hydrogens (tertiary/aromatic N) is 1. The molecule has 144 valence electrons. The van der Waals surface area contributed by atoms with Crippen LogP contribution in [0.15, 0.2) is 53.1 Å². The van der Waals surface area contributed by atoms with Gasteiger partial charge < -0.3 is 24.5 Å². The van der Waals surface area contributed by atoms with E-state index in [9.17, 15) is 4.79 Å². The van der Waals surface area contributed by atoms with Crippen LogP contribution in [0, 0.1) is 0 Å². The van der Waals surface area contributed by atoms with Crippen molar-refractivity contribution >= 4 is 11.7 Å². The highest BCUT2D eigenvalue weighted by Crippen LogP contribution is 2.32. The summed E-state index contributed by atoms with van der Waals surface area (Å²) >= 11 is 0. The number of anilines is 1. The maximum atomic E-state index is 12.1. The van der Waals surface area contributed by atoms with Gasteiger partial charge in [-0.2, -0.15) is 0 Å². The summed E-state index contributed by atoms with van der Waals surface area (Å²) in [7, 11) is 0. The van der Waals surface area contributed by atoms with Crippen molar-refractivity contribution < 1.29 is 18.7 Å². The van der Waals surface area contributed by atoms with Gasteiger partial charge in [0, 0.05) is 23.7 Å². The first-order valence-corrected chi connectivity index (χ1v) is 9.08. The third-order valence-corrected chi connectivity index (χ3v) is 4.37. The van der Waals surface area contributed by atoms with Gasteiger partial charge in [0.15, 0.2) is 11.5 Å². The van der Waals surface area contributed by atoms with E-state index in [1.54, 1.807) is 6.20 Å². The molecule has 7 nitrogen and oxygen atoms in total. The summed E-state index contributed by atoms with van der Waals surface area (Å²) in [5, 5.41) is 5.63. The molecule has 1 aliphatic rings. The van der Waals surface area contributed by atoms with Crippen molar-refractivity contribution in [2.24, 2.45) is 0 Å². The largest absolute Gasteiger partial charge is 0.454 e. The Morgan fingerprint density at radius 1 is 1.11 bits per heavy atom. The lowest BCUT2D eigenvalue weighted by Crippen LogP contribution is -2.28. The number of amides is 2. The highest BCUT2D eigenvalue weighted by Gasteiger charge is 2.13. The number of oxazole rings is 1. The second kappa shape index (κ2) is 7.64. The maximum absolute atomic E-state index is 12.1. The first-order chi connectivity index (χ1) is 13.6. The molecule has 1 aromatic heterocycles.